The molecule has 1 aliphatic rings. The van der Waals surface area contributed by atoms with Crippen molar-refractivity contribution in [3.05, 3.63) is 63.7 Å². The van der Waals surface area contributed by atoms with E-state index in [0.29, 0.717) is 5.02 Å². The van der Waals surface area contributed by atoms with Crippen LogP contribution in [0.1, 0.15) is 27.0 Å². The molecule has 0 unspecified atom stereocenters. The highest BCUT2D eigenvalue weighted by atomic mass is 35.5. The summed E-state index contributed by atoms with van der Waals surface area (Å²) < 4.78 is 0. The zero-order chi connectivity index (χ0) is 14.8. The lowest BCUT2D eigenvalue weighted by Crippen LogP contribution is -2.26. The van der Waals surface area contributed by atoms with Crippen molar-refractivity contribution in [3.8, 4) is 0 Å². The topological polar surface area (TPSA) is 41.1 Å². The summed E-state index contributed by atoms with van der Waals surface area (Å²) in [6.45, 7) is 3.68. The van der Waals surface area contributed by atoms with E-state index in [1.165, 1.54) is 5.56 Å². The Morgan fingerprint density at radius 1 is 1.29 bits per heavy atom. The molecule has 0 aliphatic carbocycles. The van der Waals surface area contributed by atoms with E-state index in [9.17, 15) is 4.79 Å². The fourth-order valence-electron chi connectivity index (χ4n) is 2.70. The van der Waals surface area contributed by atoms with Crippen molar-refractivity contribution >= 4 is 23.2 Å². The van der Waals surface area contributed by atoms with Crippen molar-refractivity contribution in [2.45, 2.75) is 19.9 Å². The van der Waals surface area contributed by atoms with Crippen LogP contribution in [0.3, 0.4) is 0 Å². The van der Waals surface area contributed by atoms with E-state index < -0.39 is 0 Å². The Hall–Kier alpha value is -1.84. The van der Waals surface area contributed by atoms with Crippen LogP contribution in [0.25, 0.3) is 0 Å². The van der Waals surface area contributed by atoms with Gasteiger partial charge in [0.15, 0.2) is 0 Å². The lowest BCUT2D eigenvalue weighted by atomic mass is 9.95. The summed E-state index contributed by atoms with van der Waals surface area (Å²) >= 11 is 5.95. The molecule has 1 amide bonds. The monoisotopic (exact) mass is 300 g/mol. The number of aryl methyl sites for hydroxylation is 1. The second-order valence-corrected chi connectivity index (χ2v) is 5.72. The molecule has 0 saturated carbocycles. The van der Waals surface area contributed by atoms with E-state index in [-0.39, 0.29) is 5.91 Å². The molecule has 0 aromatic heterocycles. The highest BCUT2D eigenvalue weighted by Gasteiger charge is 2.17. The number of rotatable bonds is 2. The number of hydrogen-bond donors (Lipinski definition) is 2. The van der Waals surface area contributed by atoms with Gasteiger partial charge in [-0.15, -0.1) is 0 Å². The predicted octanol–water partition coefficient (Wildman–Crippen LogP) is 3.55. The van der Waals surface area contributed by atoms with Crippen LogP contribution in [0.2, 0.25) is 5.02 Å². The number of carbonyl (C=O) groups is 1. The first-order valence-electron chi connectivity index (χ1n) is 7.04. The average molecular weight is 301 g/mol. The maximum absolute atomic E-state index is 12.6. The molecule has 21 heavy (non-hydrogen) atoms. The second-order valence-electron chi connectivity index (χ2n) is 5.28. The Bertz CT molecular complexity index is 697. The van der Waals surface area contributed by atoms with Gasteiger partial charge in [-0.1, -0.05) is 23.7 Å². The Labute approximate surface area is 129 Å². The van der Waals surface area contributed by atoms with Gasteiger partial charge in [0.05, 0.1) is 0 Å². The molecule has 0 radical (unpaired) electrons. The molecule has 4 heteroatoms. The summed E-state index contributed by atoms with van der Waals surface area (Å²) in [6.07, 6.45) is 0.887. The van der Waals surface area contributed by atoms with E-state index >= 15 is 0 Å². The van der Waals surface area contributed by atoms with E-state index in [4.69, 9.17) is 11.6 Å². The summed E-state index contributed by atoms with van der Waals surface area (Å²) in [5.41, 5.74) is 4.89. The normalized spacial score (nSPS) is 13.6. The van der Waals surface area contributed by atoms with Crippen molar-refractivity contribution in [2.75, 3.05) is 11.9 Å². The summed E-state index contributed by atoms with van der Waals surface area (Å²) in [5.74, 6) is -0.0563. The van der Waals surface area contributed by atoms with Gasteiger partial charge in [-0.25, -0.2) is 0 Å². The summed E-state index contributed by atoms with van der Waals surface area (Å²) in [4.78, 5) is 12.6. The maximum atomic E-state index is 12.6. The van der Waals surface area contributed by atoms with Gasteiger partial charge in [-0.3, -0.25) is 4.79 Å². The highest BCUT2D eigenvalue weighted by molar-refractivity contribution is 6.30. The largest absolute Gasteiger partial charge is 0.322 e. The third-order valence-electron chi connectivity index (χ3n) is 3.82. The van der Waals surface area contributed by atoms with Crippen LogP contribution in [0.15, 0.2) is 36.4 Å². The van der Waals surface area contributed by atoms with Crippen LogP contribution in [0.5, 0.6) is 0 Å². The quantitative estimate of drug-likeness (QED) is 0.890. The number of benzene rings is 2. The molecule has 3 rings (SSSR count). The van der Waals surface area contributed by atoms with E-state index in [1.807, 2.05) is 31.2 Å². The van der Waals surface area contributed by atoms with Crippen LogP contribution in [0, 0.1) is 6.92 Å². The molecule has 1 aliphatic heterocycles. The molecule has 108 valence electrons. The zero-order valence-electron chi connectivity index (χ0n) is 11.9. The van der Waals surface area contributed by atoms with Crippen LogP contribution in [-0.2, 0) is 13.0 Å². The van der Waals surface area contributed by atoms with Gasteiger partial charge in [0, 0.05) is 22.8 Å². The summed E-state index contributed by atoms with van der Waals surface area (Å²) in [7, 11) is 0. The van der Waals surface area contributed by atoms with Crippen molar-refractivity contribution < 1.29 is 4.79 Å². The molecule has 3 nitrogen and oxygen atoms in total. The zero-order valence-corrected chi connectivity index (χ0v) is 12.6. The highest BCUT2D eigenvalue weighted by Crippen LogP contribution is 2.23. The fourth-order valence-corrected chi connectivity index (χ4v) is 2.93. The first-order chi connectivity index (χ1) is 10.1. The maximum Gasteiger partial charge on any atom is 0.255 e. The number of carbonyl (C=O) groups excluding carboxylic acids is 1. The van der Waals surface area contributed by atoms with Gasteiger partial charge < -0.3 is 10.6 Å². The molecule has 0 fully saturated rings. The van der Waals surface area contributed by atoms with E-state index in [0.717, 1.165) is 41.9 Å². The molecule has 0 atom stereocenters. The minimum Gasteiger partial charge on any atom is -0.322 e. The number of hydrogen-bond acceptors (Lipinski definition) is 2. The molecule has 0 spiro atoms. The lowest BCUT2D eigenvalue weighted by Gasteiger charge is -2.20. The molecule has 2 aromatic rings. The Balaban J connectivity index is 1.89. The average Bonchev–Trinajstić information content (AvgIpc) is 2.49. The fraction of sp³-hybridized carbons (Fsp3) is 0.235. The van der Waals surface area contributed by atoms with Crippen molar-refractivity contribution in [1.82, 2.24) is 5.32 Å². The first kappa shape index (κ1) is 14.1. The number of amides is 1. The van der Waals surface area contributed by atoms with Crippen molar-refractivity contribution in [1.29, 1.82) is 0 Å². The second kappa shape index (κ2) is 5.88. The molecular weight excluding hydrogens is 284 g/mol. The van der Waals surface area contributed by atoms with E-state index in [1.54, 1.807) is 6.07 Å². The molecule has 2 aromatic carbocycles. The van der Waals surface area contributed by atoms with Crippen LogP contribution in [-0.4, -0.2) is 12.5 Å². The first-order valence-corrected chi connectivity index (χ1v) is 7.42. The number of nitrogens with one attached hydrogen (secondary N) is 2. The number of anilines is 1. The Morgan fingerprint density at radius 2 is 2.14 bits per heavy atom. The number of fused-ring (bicyclic) bond motifs is 1. The van der Waals surface area contributed by atoms with Gasteiger partial charge in [0.1, 0.15) is 0 Å². The van der Waals surface area contributed by atoms with E-state index in [2.05, 4.69) is 16.7 Å². The van der Waals surface area contributed by atoms with Crippen molar-refractivity contribution in [2.24, 2.45) is 0 Å². The molecule has 0 saturated heterocycles. The van der Waals surface area contributed by atoms with Gasteiger partial charge in [-0.2, -0.15) is 0 Å². The molecule has 0 bridgehead atoms. The molecule has 2 N–H and O–H groups in total. The lowest BCUT2D eigenvalue weighted by molar-refractivity contribution is 0.102. The van der Waals surface area contributed by atoms with Gasteiger partial charge >= 0.3 is 0 Å². The predicted molar refractivity (Wildman–Crippen MR) is 86.0 cm³/mol. The van der Waals surface area contributed by atoms with Crippen LogP contribution < -0.4 is 10.6 Å². The number of halogens is 1. The van der Waals surface area contributed by atoms with Gasteiger partial charge in [0.2, 0.25) is 0 Å². The minimum absolute atomic E-state index is 0.0563. The van der Waals surface area contributed by atoms with Crippen molar-refractivity contribution in [3.63, 3.8) is 0 Å². The smallest absolute Gasteiger partial charge is 0.255 e. The Morgan fingerprint density at radius 3 is 2.95 bits per heavy atom. The third-order valence-corrected chi connectivity index (χ3v) is 4.06. The molecule has 1 heterocycles. The Kier molecular flexibility index (Phi) is 3.95. The van der Waals surface area contributed by atoms with Crippen LogP contribution in [0.4, 0.5) is 5.69 Å². The van der Waals surface area contributed by atoms with Crippen LogP contribution >= 0.6 is 11.6 Å². The summed E-state index contributed by atoms with van der Waals surface area (Å²) in [6, 6.07) is 11.4. The third kappa shape index (κ3) is 2.94. The summed E-state index contributed by atoms with van der Waals surface area (Å²) in [5, 5.41) is 6.99. The van der Waals surface area contributed by atoms with Gasteiger partial charge in [-0.05, 0) is 60.8 Å². The minimum atomic E-state index is -0.0563. The van der Waals surface area contributed by atoms with Gasteiger partial charge in [0.25, 0.3) is 5.91 Å². The SMILES string of the molecule is Cc1cc(Cl)ccc1NC(=O)c1cccc2c1CCNC2. The standard InChI is InChI=1S/C17H17ClN2O/c1-11-9-13(18)5-6-16(11)20-17(21)15-4-2-3-12-10-19-8-7-14(12)15/h2-6,9,19H,7-8,10H2,1H3,(H,20,21). The molecular formula is C17H17ClN2O.